The predicted molar refractivity (Wildman–Crippen MR) is 54.8 cm³/mol. The summed E-state index contributed by atoms with van der Waals surface area (Å²) in [7, 11) is 1.54. The molecule has 0 bridgehead atoms. The van der Waals surface area contributed by atoms with Crippen molar-refractivity contribution in [1.29, 1.82) is 0 Å². The highest BCUT2D eigenvalue weighted by atomic mass is 79.9. The van der Waals surface area contributed by atoms with Gasteiger partial charge in [-0.15, -0.1) is 0 Å². The molecule has 13 heavy (non-hydrogen) atoms. The van der Waals surface area contributed by atoms with E-state index in [1.165, 1.54) is 7.11 Å². The first-order valence-corrected chi connectivity index (χ1v) is 4.72. The normalized spacial score (nSPS) is 10.5. The third-order valence-corrected chi connectivity index (χ3v) is 2.20. The number of nitrogens with two attached hydrogens (primary N) is 1. The molecule has 5 heteroatoms. The molecule has 0 amide bonds. The number of halogens is 1. The molecule has 0 aliphatic carbocycles. The molecule has 0 saturated carbocycles. The third kappa shape index (κ3) is 2.09. The van der Waals surface area contributed by atoms with E-state index >= 15 is 0 Å². The highest BCUT2D eigenvalue weighted by molar-refractivity contribution is 9.10. The molecule has 0 fully saturated rings. The maximum Gasteiger partial charge on any atom is 0.241 e. The fourth-order valence-electron chi connectivity index (χ4n) is 0.852. The van der Waals surface area contributed by atoms with E-state index in [4.69, 9.17) is 10.5 Å². The first-order valence-electron chi connectivity index (χ1n) is 3.93. The summed E-state index contributed by atoms with van der Waals surface area (Å²) in [6.07, 6.45) is 0. The molecular weight excluding hydrogens is 234 g/mol. The Hall–Kier alpha value is -0.840. The molecule has 0 spiro atoms. The molecule has 1 heterocycles. The van der Waals surface area contributed by atoms with Crippen LogP contribution in [0.4, 0.5) is 5.69 Å². The number of methoxy groups -OCH3 is 1. The van der Waals surface area contributed by atoms with Crippen LogP contribution in [0.1, 0.15) is 25.6 Å². The van der Waals surface area contributed by atoms with E-state index in [1.807, 2.05) is 13.8 Å². The molecule has 0 aliphatic heterocycles. The number of hydrogen-bond acceptors (Lipinski definition) is 4. The van der Waals surface area contributed by atoms with Crippen molar-refractivity contribution in [1.82, 2.24) is 9.97 Å². The Bertz CT molecular complexity index is 315. The lowest BCUT2D eigenvalue weighted by Gasteiger charge is -2.09. The predicted octanol–water partition coefficient (Wildman–Crippen LogP) is 1.95. The lowest BCUT2D eigenvalue weighted by Crippen LogP contribution is -2.04. The van der Waals surface area contributed by atoms with Crippen LogP contribution in [-0.2, 0) is 0 Å². The smallest absolute Gasteiger partial charge is 0.241 e. The Balaban J connectivity index is 3.22. The van der Waals surface area contributed by atoms with Crippen LogP contribution in [-0.4, -0.2) is 17.1 Å². The van der Waals surface area contributed by atoms with Crippen molar-refractivity contribution in [3.8, 4) is 5.88 Å². The Morgan fingerprint density at radius 1 is 1.38 bits per heavy atom. The molecule has 0 unspecified atom stereocenters. The van der Waals surface area contributed by atoms with Crippen molar-refractivity contribution in [3.63, 3.8) is 0 Å². The first-order chi connectivity index (χ1) is 6.06. The molecule has 0 aromatic carbocycles. The minimum absolute atomic E-state index is 0.255. The summed E-state index contributed by atoms with van der Waals surface area (Å²) in [4.78, 5) is 8.34. The quantitative estimate of drug-likeness (QED) is 0.810. The van der Waals surface area contributed by atoms with E-state index in [0.29, 0.717) is 16.2 Å². The molecule has 72 valence electrons. The van der Waals surface area contributed by atoms with Gasteiger partial charge in [-0.1, -0.05) is 13.8 Å². The van der Waals surface area contributed by atoms with Crippen LogP contribution in [0, 0.1) is 0 Å². The summed E-state index contributed by atoms with van der Waals surface area (Å²) in [6.45, 7) is 4.02. The Morgan fingerprint density at radius 3 is 2.46 bits per heavy atom. The summed E-state index contributed by atoms with van der Waals surface area (Å²) >= 11 is 3.25. The van der Waals surface area contributed by atoms with Crippen LogP contribution in [0.5, 0.6) is 5.88 Å². The second-order valence-electron chi connectivity index (χ2n) is 2.95. The van der Waals surface area contributed by atoms with Gasteiger partial charge in [0.1, 0.15) is 16.1 Å². The number of nitrogens with zero attached hydrogens (tertiary/aromatic N) is 2. The second kappa shape index (κ2) is 3.91. The average Bonchev–Trinajstić information content (AvgIpc) is 2.09. The van der Waals surface area contributed by atoms with Gasteiger partial charge in [0.25, 0.3) is 0 Å². The monoisotopic (exact) mass is 245 g/mol. The minimum atomic E-state index is 0.255. The zero-order valence-electron chi connectivity index (χ0n) is 7.84. The maximum absolute atomic E-state index is 5.67. The van der Waals surface area contributed by atoms with Crippen LogP contribution in [0.2, 0.25) is 0 Å². The number of ether oxygens (including phenoxy) is 1. The van der Waals surface area contributed by atoms with Crippen molar-refractivity contribution in [2.45, 2.75) is 19.8 Å². The summed E-state index contributed by atoms with van der Waals surface area (Å²) in [5, 5.41) is 0. The fourth-order valence-corrected chi connectivity index (χ4v) is 1.20. The van der Waals surface area contributed by atoms with Crippen LogP contribution < -0.4 is 10.5 Å². The van der Waals surface area contributed by atoms with Gasteiger partial charge in [-0.3, -0.25) is 0 Å². The van der Waals surface area contributed by atoms with Gasteiger partial charge >= 0.3 is 0 Å². The SMILES string of the molecule is COc1nc(C(C)C)nc(Br)c1N. The molecule has 4 nitrogen and oxygen atoms in total. The summed E-state index contributed by atoms with van der Waals surface area (Å²) in [5.74, 6) is 1.40. The average molecular weight is 246 g/mol. The number of aromatic nitrogens is 2. The molecule has 1 aromatic heterocycles. The van der Waals surface area contributed by atoms with Gasteiger partial charge in [0.05, 0.1) is 7.11 Å². The van der Waals surface area contributed by atoms with Gasteiger partial charge in [-0.25, -0.2) is 4.98 Å². The molecule has 0 saturated heterocycles. The van der Waals surface area contributed by atoms with Crippen LogP contribution in [0.15, 0.2) is 4.60 Å². The largest absolute Gasteiger partial charge is 0.479 e. The number of anilines is 1. The van der Waals surface area contributed by atoms with E-state index < -0.39 is 0 Å². The van der Waals surface area contributed by atoms with E-state index in [0.717, 1.165) is 5.82 Å². The maximum atomic E-state index is 5.67. The first kappa shape index (κ1) is 10.2. The molecule has 0 radical (unpaired) electrons. The van der Waals surface area contributed by atoms with Gasteiger partial charge in [0.15, 0.2) is 0 Å². The number of hydrogen-bond donors (Lipinski definition) is 1. The van der Waals surface area contributed by atoms with Crippen LogP contribution in [0.3, 0.4) is 0 Å². The summed E-state index contributed by atoms with van der Waals surface area (Å²) in [6, 6.07) is 0. The minimum Gasteiger partial charge on any atom is -0.479 e. The highest BCUT2D eigenvalue weighted by Crippen LogP contribution is 2.27. The van der Waals surface area contributed by atoms with Gasteiger partial charge < -0.3 is 10.5 Å². The molecule has 1 aromatic rings. The third-order valence-electron chi connectivity index (χ3n) is 1.59. The number of rotatable bonds is 2. The molecule has 0 aliphatic rings. The Morgan fingerprint density at radius 2 is 2.00 bits per heavy atom. The fraction of sp³-hybridized carbons (Fsp3) is 0.500. The zero-order valence-corrected chi connectivity index (χ0v) is 9.42. The molecular formula is C8H12BrN3O. The molecule has 2 N–H and O–H groups in total. The summed E-state index contributed by atoms with van der Waals surface area (Å²) < 4.78 is 5.60. The van der Waals surface area contributed by atoms with E-state index in [9.17, 15) is 0 Å². The Labute approximate surface area is 85.7 Å². The summed E-state index contributed by atoms with van der Waals surface area (Å²) in [5.41, 5.74) is 6.10. The van der Waals surface area contributed by atoms with Crippen LogP contribution in [0.25, 0.3) is 0 Å². The van der Waals surface area contributed by atoms with Crippen molar-refractivity contribution >= 4 is 21.6 Å². The molecule has 1 rings (SSSR count). The van der Waals surface area contributed by atoms with Crippen molar-refractivity contribution < 1.29 is 4.74 Å². The second-order valence-corrected chi connectivity index (χ2v) is 3.70. The van der Waals surface area contributed by atoms with Crippen LogP contribution >= 0.6 is 15.9 Å². The zero-order chi connectivity index (χ0) is 10.0. The van der Waals surface area contributed by atoms with Crippen molar-refractivity contribution in [2.75, 3.05) is 12.8 Å². The lowest BCUT2D eigenvalue weighted by atomic mass is 10.2. The lowest BCUT2D eigenvalue weighted by molar-refractivity contribution is 0.396. The van der Waals surface area contributed by atoms with E-state index in [2.05, 4.69) is 25.9 Å². The number of nitrogen functional groups attached to an aromatic ring is 1. The van der Waals surface area contributed by atoms with Crippen molar-refractivity contribution in [2.24, 2.45) is 0 Å². The topological polar surface area (TPSA) is 61.0 Å². The van der Waals surface area contributed by atoms with Gasteiger partial charge in [0.2, 0.25) is 5.88 Å². The van der Waals surface area contributed by atoms with Gasteiger partial charge in [-0.2, -0.15) is 4.98 Å². The highest BCUT2D eigenvalue weighted by Gasteiger charge is 2.11. The molecule has 0 atom stereocenters. The van der Waals surface area contributed by atoms with E-state index in [1.54, 1.807) is 0 Å². The van der Waals surface area contributed by atoms with Crippen molar-refractivity contribution in [3.05, 3.63) is 10.4 Å². The standard InChI is InChI=1S/C8H12BrN3O/c1-4(2)7-11-6(9)5(10)8(12-7)13-3/h4H,10H2,1-3H3. The van der Waals surface area contributed by atoms with Gasteiger partial charge in [-0.05, 0) is 15.9 Å². The van der Waals surface area contributed by atoms with Gasteiger partial charge in [0, 0.05) is 5.92 Å². The Kier molecular flexibility index (Phi) is 3.08. The van der Waals surface area contributed by atoms with E-state index in [-0.39, 0.29) is 5.92 Å².